The van der Waals surface area contributed by atoms with E-state index in [1.54, 1.807) is 25.7 Å². The number of carbonyl (C=O) groups is 3. The van der Waals surface area contributed by atoms with Gasteiger partial charge in [0, 0.05) is 12.1 Å². The van der Waals surface area contributed by atoms with Crippen molar-refractivity contribution in [3.05, 3.63) is 34.9 Å². The van der Waals surface area contributed by atoms with E-state index in [-0.39, 0.29) is 30.4 Å². The molecule has 0 radical (unpaired) electrons. The van der Waals surface area contributed by atoms with Crippen molar-refractivity contribution in [2.24, 2.45) is 0 Å². The molecule has 0 heterocycles. The summed E-state index contributed by atoms with van der Waals surface area (Å²) in [5.41, 5.74) is 2.22. The number of aryl methyl sites for hydroxylation is 1. The molecule has 0 saturated heterocycles. The van der Waals surface area contributed by atoms with Crippen LogP contribution < -0.4 is 10.6 Å². The molecule has 1 aliphatic carbocycles. The van der Waals surface area contributed by atoms with E-state index >= 15 is 0 Å². The highest BCUT2D eigenvalue weighted by atomic mass is 16.6. The molecule has 0 aliphatic heterocycles. The predicted octanol–water partition coefficient (Wildman–Crippen LogP) is 4.95. The zero-order chi connectivity index (χ0) is 25.5. The highest BCUT2D eigenvalue weighted by molar-refractivity contribution is 5.91. The lowest BCUT2D eigenvalue weighted by atomic mass is 9.92. The van der Waals surface area contributed by atoms with Gasteiger partial charge in [0.15, 0.2) is 0 Å². The van der Waals surface area contributed by atoms with Gasteiger partial charge in [-0.15, -0.1) is 0 Å². The van der Waals surface area contributed by atoms with Crippen LogP contribution in [0.15, 0.2) is 18.2 Å². The summed E-state index contributed by atoms with van der Waals surface area (Å²) in [5.74, 6) is -0.476. The van der Waals surface area contributed by atoms with Gasteiger partial charge < -0.3 is 20.3 Å². The van der Waals surface area contributed by atoms with Crippen LogP contribution in [0.3, 0.4) is 0 Å². The van der Waals surface area contributed by atoms with Crippen LogP contribution in [0.2, 0.25) is 0 Å². The first-order valence-electron chi connectivity index (χ1n) is 12.6. The van der Waals surface area contributed by atoms with Crippen molar-refractivity contribution in [3.8, 4) is 0 Å². The van der Waals surface area contributed by atoms with E-state index in [0.29, 0.717) is 6.42 Å². The molecule has 1 aliphatic rings. The summed E-state index contributed by atoms with van der Waals surface area (Å²) in [6.45, 7) is 13.0. The first-order chi connectivity index (χ1) is 15.9. The summed E-state index contributed by atoms with van der Waals surface area (Å²) >= 11 is 0. The number of nitrogens with one attached hydrogen (secondary N) is 2. The van der Waals surface area contributed by atoms with Crippen molar-refractivity contribution in [2.45, 2.75) is 111 Å². The smallest absolute Gasteiger partial charge is 0.408 e. The second kappa shape index (κ2) is 12.2. The summed E-state index contributed by atoms with van der Waals surface area (Å²) in [7, 11) is 0. The Morgan fingerprint density at radius 2 is 1.76 bits per heavy atom. The Morgan fingerprint density at radius 3 is 2.35 bits per heavy atom. The molecular formula is C27H43N3O4. The van der Waals surface area contributed by atoms with Crippen LogP contribution >= 0.6 is 0 Å². The van der Waals surface area contributed by atoms with Gasteiger partial charge in [-0.3, -0.25) is 9.59 Å². The number of benzene rings is 1. The largest absolute Gasteiger partial charge is 0.444 e. The minimum atomic E-state index is -0.773. The van der Waals surface area contributed by atoms with E-state index < -0.39 is 17.7 Å². The average molecular weight is 474 g/mol. The van der Waals surface area contributed by atoms with Crippen molar-refractivity contribution in [1.29, 1.82) is 0 Å². The summed E-state index contributed by atoms with van der Waals surface area (Å²) in [6, 6.07) is 5.02. The Labute approximate surface area is 205 Å². The van der Waals surface area contributed by atoms with Gasteiger partial charge in [0.1, 0.15) is 18.2 Å². The maximum atomic E-state index is 13.8. The van der Waals surface area contributed by atoms with Crippen molar-refractivity contribution in [1.82, 2.24) is 15.5 Å². The molecular weight excluding hydrogens is 430 g/mol. The van der Waals surface area contributed by atoms with E-state index in [0.717, 1.165) is 42.4 Å². The van der Waals surface area contributed by atoms with Gasteiger partial charge >= 0.3 is 6.09 Å². The molecule has 7 nitrogen and oxygen atoms in total. The number of hydrogen-bond donors (Lipinski definition) is 2. The second-order valence-electron chi connectivity index (χ2n) is 10.4. The van der Waals surface area contributed by atoms with Crippen molar-refractivity contribution in [3.63, 3.8) is 0 Å². The third-order valence-electron chi connectivity index (χ3n) is 6.56. The van der Waals surface area contributed by atoms with E-state index in [2.05, 4.69) is 10.6 Å². The first kappa shape index (κ1) is 27.7. The topological polar surface area (TPSA) is 87.7 Å². The average Bonchev–Trinajstić information content (AvgIpc) is 2.77. The molecule has 0 spiro atoms. The normalized spacial score (nSPS) is 16.3. The number of ether oxygens (including phenoxy) is 1. The van der Waals surface area contributed by atoms with Gasteiger partial charge in [0.25, 0.3) is 0 Å². The maximum Gasteiger partial charge on any atom is 0.408 e. The molecule has 7 heteroatoms. The van der Waals surface area contributed by atoms with E-state index in [1.165, 1.54) is 6.42 Å². The van der Waals surface area contributed by atoms with Gasteiger partial charge in [0.2, 0.25) is 11.8 Å². The quantitative estimate of drug-likeness (QED) is 0.559. The zero-order valence-corrected chi connectivity index (χ0v) is 22.0. The van der Waals surface area contributed by atoms with Crippen LogP contribution in [0.4, 0.5) is 4.79 Å². The number of rotatable bonds is 8. The summed E-state index contributed by atoms with van der Waals surface area (Å²) in [5, 5.41) is 5.80. The molecule has 0 aromatic heterocycles. The van der Waals surface area contributed by atoms with Gasteiger partial charge in [-0.2, -0.15) is 0 Å². The minimum absolute atomic E-state index is 0.127. The lowest BCUT2D eigenvalue weighted by molar-refractivity contribution is -0.143. The minimum Gasteiger partial charge on any atom is -0.444 e. The highest BCUT2D eigenvalue weighted by Crippen LogP contribution is 2.30. The Morgan fingerprint density at radius 1 is 1.12 bits per heavy atom. The molecule has 2 atom stereocenters. The molecule has 190 valence electrons. The van der Waals surface area contributed by atoms with E-state index in [9.17, 15) is 14.4 Å². The Balaban J connectivity index is 2.37. The number of nitrogens with zero attached hydrogens (tertiary/aromatic N) is 1. The van der Waals surface area contributed by atoms with Crippen LogP contribution in [-0.2, 0) is 14.3 Å². The SMILES string of the molecule is CCC(C)N(C(=O)CNC(=O)OC(C)(C)C)C(C(=O)NC1CCCCC1)c1cccc(C)c1C. The third kappa shape index (κ3) is 7.74. The summed E-state index contributed by atoms with van der Waals surface area (Å²) in [4.78, 5) is 41.1. The van der Waals surface area contributed by atoms with E-state index in [4.69, 9.17) is 4.74 Å². The number of hydrogen-bond acceptors (Lipinski definition) is 4. The Kier molecular flexibility index (Phi) is 9.95. The van der Waals surface area contributed by atoms with E-state index in [1.807, 2.05) is 45.9 Å². The van der Waals surface area contributed by atoms with Crippen molar-refractivity contribution < 1.29 is 19.1 Å². The van der Waals surface area contributed by atoms with Crippen molar-refractivity contribution in [2.75, 3.05) is 6.54 Å². The molecule has 2 unspecified atom stereocenters. The zero-order valence-electron chi connectivity index (χ0n) is 22.0. The van der Waals surface area contributed by atoms with Gasteiger partial charge in [-0.1, -0.05) is 44.4 Å². The van der Waals surface area contributed by atoms with Gasteiger partial charge in [0.05, 0.1) is 0 Å². The van der Waals surface area contributed by atoms with Crippen LogP contribution in [0.25, 0.3) is 0 Å². The molecule has 0 bridgehead atoms. The number of carbonyl (C=O) groups excluding carboxylic acids is 3. The van der Waals surface area contributed by atoms with Crippen LogP contribution in [0, 0.1) is 13.8 Å². The third-order valence-corrected chi connectivity index (χ3v) is 6.56. The second-order valence-corrected chi connectivity index (χ2v) is 10.4. The standard InChI is InChI=1S/C27H43N3O4/c1-8-19(3)30(23(31)17-28-26(33)34-27(5,6)7)24(22-16-12-13-18(2)20(22)4)25(32)29-21-14-10-9-11-15-21/h12-13,16,19,21,24H,8-11,14-15,17H2,1-7H3,(H,28,33)(H,29,32). The first-order valence-corrected chi connectivity index (χ1v) is 12.6. The number of amides is 3. The molecule has 1 aromatic rings. The monoisotopic (exact) mass is 473 g/mol. The van der Waals surface area contributed by atoms with Gasteiger partial charge in [-0.25, -0.2) is 4.79 Å². The molecule has 2 rings (SSSR count). The summed E-state index contributed by atoms with van der Waals surface area (Å²) < 4.78 is 5.28. The molecule has 1 fully saturated rings. The predicted molar refractivity (Wildman–Crippen MR) is 135 cm³/mol. The van der Waals surface area contributed by atoms with Crippen LogP contribution in [0.5, 0.6) is 0 Å². The molecule has 2 N–H and O–H groups in total. The maximum absolute atomic E-state index is 13.8. The molecule has 3 amide bonds. The van der Waals surface area contributed by atoms with Gasteiger partial charge in [-0.05, 0) is 77.5 Å². The summed E-state index contributed by atoms with van der Waals surface area (Å²) in [6.07, 6.45) is 5.35. The Bertz CT molecular complexity index is 856. The number of alkyl carbamates (subject to hydrolysis) is 1. The highest BCUT2D eigenvalue weighted by Gasteiger charge is 2.36. The fraction of sp³-hybridized carbons (Fsp3) is 0.667. The van der Waals surface area contributed by atoms with Crippen molar-refractivity contribution >= 4 is 17.9 Å². The fourth-order valence-electron chi connectivity index (χ4n) is 4.41. The lowest BCUT2D eigenvalue weighted by Crippen LogP contribution is -2.52. The Hall–Kier alpha value is -2.57. The van der Waals surface area contributed by atoms with Crippen LogP contribution in [0.1, 0.15) is 95.9 Å². The lowest BCUT2D eigenvalue weighted by Gasteiger charge is -2.38. The molecule has 34 heavy (non-hydrogen) atoms. The molecule has 1 aromatic carbocycles. The molecule has 1 saturated carbocycles. The van der Waals surface area contributed by atoms with Crippen LogP contribution in [-0.4, -0.2) is 47.0 Å². The fourth-order valence-corrected chi connectivity index (χ4v) is 4.41.